The number of benzene rings is 1. The normalized spacial score (nSPS) is 10.6. The SMILES string of the molecule is COc1ccccc1C(=O)CCC(=O)NCCc1[nH]cnc1-c1cccs1. The zero-order valence-corrected chi connectivity index (χ0v) is 15.8. The Labute approximate surface area is 161 Å². The third kappa shape index (κ3) is 4.83. The van der Waals surface area contributed by atoms with Crippen LogP contribution in [-0.2, 0) is 11.2 Å². The van der Waals surface area contributed by atoms with Gasteiger partial charge in [0, 0.05) is 31.5 Å². The molecule has 1 aromatic carbocycles. The lowest BCUT2D eigenvalue weighted by atomic mass is 10.1. The lowest BCUT2D eigenvalue weighted by molar-refractivity contribution is -0.121. The number of ketones is 1. The number of nitrogens with one attached hydrogen (secondary N) is 2. The summed E-state index contributed by atoms with van der Waals surface area (Å²) in [6.07, 6.45) is 2.62. The molecule has 3 aromatic rings. The smallest absolute Gasteiger partial charge is 0.220 e. The molecule has 6 nitrogen and oxygen atoms in total. The number of H-pyrrole nitrogens is 1. The average molecular weight is 383 g/mol. The van der Waals surface area contributed by atoms with Gasteiger partial charge in [-0.05, 0) is 23.6 Å². The molecule has 0 aliphatic heterocycles. The molecule has 3 rings (SSSR count). The molecule has 27 heavy (non-hydrogen) atoms. The van der Waals surface area contributed by atoms with Crippen molar-refractivity contribution in [2.75, 3.05) is 13.7 Å². The maximum absolute atomic E-state index is 12.3. The molecule has 140 valence electrons. The first-order chi connectivity index (χ1) is 13.2. The van der Waals surface area contributed by atoms with Crippen LogP contribution >= 0.6 is 11.3 Å². The molecule has 0 unspecified atom stereocenters. The largest absolute Gasteiger partial charge is 0.496 e. The summed E-state index contributed by atoms with van der Waals surface area (Å²) in [6, 6.07) is 11.0. The lowest BCUT2D eigenvalue weighted by Crippen LogP contribution is -2.26. The number of rotatable bonds is 9. The van der Waals surface area contributed by atoms with Gasteiger partial charge in [0.25, 0.3) is 0 Å². The summed E-state index contributed by atoms with van der Waals surface area (Å²) in [5, 5.41) is 4.87. The molecule has 0 fully saturated rings. The first kappa shape index (κ1) is 18.8. The van der Waals surface area contributed by atoms with Gasteiger partial charge < -0.3 is 15.0 Å². The summed E-state index contributed by atoms with van der Waals surface area (Å²) in [5.74, 6) is 0.287. The Morgan fingerprint density at radius 2 is 2.04 bits per heavy atom. The molecule has 0 aliphatic carbocycles. The number of amides is 1. The van der Waals surface area contributed by atoms with Gasteiger partial charge in [-0.1, -0.05) is 18.2 Å². The van der Waals surface area contributed by atoms with E-state index in [0.717, 1.165) is 16.3 Å². The first-order valence-corrected chi connectivity index (χ1v) is 9.56. The number of aromatic nitrogens is 2. The number of aromatic amines is 1. The van der Waals surface area contributed by atoms with Crippen molar-refractivity contribution in [3.63, 3.8) is 0 Å². The molecular formula is C20H21N3O3S. The number of para-hydroxylation sites is 1. The lowest BCUT2D eigenvalue weighted by Gasteiger charge is -2.08. The van der Waals surface area contributed by atoms with E-state index in [1.54, 1.807) is 35.9 Å². The minimum atomic E-state index is -0.143. The number of carbonyl (C=O) groups excluding carboxylic acids is 2. The number of methoxy groups -OCH3 is 1. The van der Waals surface area contributed by atoms with Crippen LogP contribution in [0.2, 0.25) is 0 Å². The quantitative estimate of drug-likeness (QED) is 0.554. The fourth-order valence-corrected chi connectivity index (χ4v) is 3.54. The zero-order valence-electron chi connectivity index (χ0n) is 15.0. The molecule has 0 atom stereocenters. The van der Waals surface area contributed by atoms with Gasteiger partial charge in [0.2, 0.25) is 5.91 Å². The fraction of sp³-hybridized carbons (Fsp3) is 0.250. The predicted molar refractivity (Wildman–Crippen MR) is 105 cm³/mol. The van der Waals surface area contributed by atoms with Gasteiger partial charge in [-0.2, -0.15) is 0 Å². The van der Waals surface area contributed by atoms with Crippen LogP contribution in [0.15, 0.2) is 48.1 Å². The zero-order chi connectivity index (χ0) is 19.1. The number of carbonyl (C=O) groups is 2. The van der Waals surface area contributed by atoms with Crippen LogP contribution in [0.5, 0.6) is 5.75 Å². The molecule has 2 N–H and O–H groups in total. The van der Waals surface area contributed by atoms with Crippen LogP contribution in [0.25, 0.3) is 10.6 Å². The van der Waals surface area contributed by atoms with Crippen LogP contribution in [0.3, 0.4) is 0 Å². The van der Waals surface area contributed by atoms with E-state index in [-0.39, 0.29) is 24.5 Å². The van der Waals surface area contributed by atoms with E-state index >= 15 is 0 Å². The molecule has 0 aliphatic rings. The van der Waals surface area contributed by atoms with Crippen LogP contribution in [0.1, 0.15) is 28.9 Å². The van der Waals surface area contributed by atoms with Gasteiger partial charge in [-0.15, -0.1) is 11.3 Å². The minimum Gasteiger partial charge on any atom is -0.496 e. The highest BCUT2D eigenvalue weighted by Crippen LogP contribution is 2.25. The molecule has 2 heterocycles. The van der Waals surface area contributed by atoms with Gasteiger partial charge in [-0.25, -0.2) is 4.98 Å². The van der Waals surface area contributed by atoms with Crippen LogP contribution in [-0.4, -0.2) is 35.3 Å². The van der Waals surface area contributed by atoms with E-state index < -0.39 is 0 Å². The Balaban J connectivity index is 1.46. The Morgan fingerprint density at radius 3 is 2.81 bits per heavy atom. The monoisotopic (exact) mass is 383 g/mol. The maximum atomic E-state index is 12.3. The van der Waals surface area contributed by atoms with Gasteiger partial charge in [0.1, 0.15) is 11.4 Å². The van der Waals surface area contributed by atoms with E-state index in [9.17, 15) is 9.59 Å². The van der Waals surface area contributed by atoms with Crippen molar-refractivity contribution in [2.24, 2.45) is 0 Å². The molecular weight excluding hydrogens is 362 g/mol. The number of hydrogen-bond acceptors (Lipinski definition) is 5. The minimum absolute atomic E-state index is 0.101. The molecule has 0 radical (unpaired) electrons. The average Bonchev–Trinajstić information content (AvgIpc) is 3.37. The van der Waals surface area contributed by atoms with Crippen molar-refractivity contribution >= 4 is 23.0 Å². The molecule has 1 amide bonds. The number of hydrogen-bond donors (Lipinski definition) is 2. The second-order valence-corrected chi connectivity index (χ2v) is 6.88. The summed E-state index contributed by atoms with van der Waals surface area (Å²) in [6.45, 7) is 0.488. The topological polar surface area (TPSA) is 84.1 Å². The van der Waals surface area contributed by atoms with Crippen LogP contribution in [0, 0.1) is 0 Å². The van der Waals surface area contributed by atoms with Crippen molar-refractivity contribution in [3.05, 3.63) is 59.4 Å². The number of ether oxygens (including phenoxy) is 1. The molecule has 0 bridgehead atoms. The number of Topliss-reactive ketones (excluding diaryl/α,β-unsaturated/α-hetero) is 1. The third-order valence-electron chi connectivity index (χ3n) is 4.16. The Hall–Kier alpha value is -2.93. The first-order valence-electron chi connectivity index (χ1n) is 8.68. The maximum Gasteiger partial charge on any atom is 0.220 e. The summed E-state index contributed by atoms with van der Waals surface area (Å²) in [7, 11) is 1.53. The van der Waals surface area contributed by atoms with Crippen molar-refractivity contribution in [1.29, 1.82) is 0 Å². The summed E-state index contributed by atoms with van der Waals surface area (Å²) < 4.78 is 5.19. The highest BCUT2D eigenvalue weighted by Gasteiger charge is 2.14. The van der Waals surface area contributed by atoms with E-state index in [2.05, 4.69) is 15.3 Å². The molecule has 0 saturated carbocycles. The van der Waals surface area contributed by atoms with Gasteiger partial charge in [0.15, 0.2) is 5.78 Å². The van der Waals surface area contributed by atoms with Crippen molar-refractivity contribution in [1.82, 2.24) is 15.3 Å². The Kier molecular flexibility index (Phi) is 6.38. The van der Waals surface area contributed by atoms with Crippen molar-refractivity contribution < 1.29 is 14.3 Å². The van der Waals surface area contributed by atoms with E-state index in [0.29, 0.717) is 24.3 Å². The Morgan fingerprint density at radius 1 is 1.19 bits per heavy atom. The van der Waals surface area contributed by atoms with Gasteiger partial charge in [0.05, 0.1) is 23.9 Å². The third-order valence-corrected chi connectivity index (χ3v) is 5.03. The summed E-state index contributed by atoms with van der Waals surface area (Å²) in [5.41, 5.74) is 2.42. The highest BCUT2D eigenvalue weighted by molar-refractivity contribution is 7.13. The summed E-state index contributed by atoms with van der Waals surface area (Å²) >= 11 is 1.63. The molecule has 0 saturated heterocycles. The van der Waals surface area contributed by atoms with Crippen molar-refractivity contribution in [2.45, 2.75) is 19.3 Å². The number of nitrogens with zero attached hydrogens (tertiary/aromatic N) is 1. The van der Waals surface area contributed by atoms with E-state index in [1.807, 2.05) is 23.6 Å². The molecule has 0 spiro atoms. The van der Waals surface area contributed by atoms with Gasteiger partial charge >= 0.3 is 0 Å². The second kappa shape index (κ2) is 9.14. The second-order valence-electron chi connectivity index (χ2n) is 5.93. The number of imidazole rings is 1. The summed E-state index contributed by atoms with van der Waals surface area (Å²) in [4.78, 5) is 32.9. The standard InChI is InChI=1S/C20H21N3O3S/c1-26-17-6-3-2-5-14(17)16(24)8-9-19(25)21-11-10-15-20(23-13-22-15)18-7-4-12-27-18/h2-7,12-13H,8-11H2,1H3,(H,21,25)(H,22,23). The van der Waals surface area contributed by atoms with E-state index in [1.165, 1.54) is 7.11 Å². The van der Waals surface area contributed by atoms with Crippen LogP contribution in [0.4, 0.5) is 0 Å². The Bertz CT molecular complexity index is 903. The number of thiophene rings is 1. The van der Waals surface area contributed by atoms with Gasteiger partial charge in [-0.3, -0.25) is 9.59 Å². The molecule has 7 heteroatoms. The highest BCUT2D eigenvalue weighted by atomic mass is 32.1. The van der Waals surface area contributed by atoms with Crippen molar-refractivity contribution in [3.8, 4) is 16.3 Å². The van der Waals surface area contributed by atoms with E-state index in [4.69, 9.17) is 4.74 Å². The predicted octanol–water partition coefficient (Wildman–Crippen LogP) is 3.47. The molecule has 2 aromatic heterocycles. The fourth-order valence-electron chi connectivity index (χ4n) is 2.79. The van der Waals surface area contributed by atoms with Crippen LogP contribution < -0.4 is 10.1 Å².